The number of aromatic amines is 1. The molecule has 2 aromatic heterocycles. The molecule has 2 heterocycles. The molecule has 0 aliphatic carbocycles. The molecule has 0 saturated carbocycles. The third kappa shape index (κ3) is 1.17. The predicted octanol–water partition coefficient (Wildman–Crippen LogP) is 1.04. The molecule has 0 aliphatic heterocycles. The maximum atomic E-state index is 12.3. The zero-order valence-corrected chi connectivity index (χ0v) is 6.67. The van der Waals surface area contributed by atoms with Crippen molar-refractivity contribution >= 4 is 5.52 Å². The van der Waals surface area contributed by atoms with Crippen molar-refractivity contribution < 1.29 is 13.2 Å². The molecular formula is C7H4F3N3O. The highest BCUT2D eigenvalue weighted by molar-refractivity contribution is 5.45. The lowest BCUT2D eigenvalue weighted by atomic mass is 10.5. The highest BCUT2D eigenvalue weighted by atomic mass is 19.4. The second-order valence-electron chi connectivity index (χ2n) is 2.64. The quantitative estimate of drug-likeness (QED) is 0.695. The highest BCUT2D eigenvalue weighted by Gasteiger charge is 2.36. The second-order valence-corrected chi connectivity index (χ2v) is 2.64. The van der Waals surface area contributed by atoms with Gasteiger partial charge in [-0.3, -0.25) is 9.20 Å². The molecule has 0 spiro atoms. The van der Waals surface area contributed by atoms with Gasteiger partial charge in [0.05, 0.1) is 0 Å². The van der Waals surface area contributed by atoms with Gasteiger partial charge in [-0.15, -0.1) is 5.10 Å². The smallest absolute Gasteiger partial charge is 0.291 e. The molecule has 0 aliphatic rings. The summed E-state index contributed by atoms with van der Waals surface area (Å²) in [6.45, 7) is 0. The van der Waals surface area contributed by atoms with Crippen LogP contribution in [0.2, 0.25) is 0 Å². The molecule has 74 valence electrons. The number of halogens is 3. The maximum absolute atomic E-state index is 12.3. The van der Waals surface area contributed by atoms with E-state index in [0.717, 1.165) is 6.20 Å². The summed E-state index contributed by atoms with van der Waals surface area (Å²) in [5.74, 6) is -1.14. The third-order valence-corrected chi connectivity index (χ3v) is 1.73. The van der Waals surface area contributed by atoms with Gasteiger partial charge in [-0.2, -0.15) is 13.2 Å². The standard InChI is InChI=1S/C7H4F3N3O/c8-7(9,10)6-12-11-5(14)4-2-1-3-13(4)6/h1-3H,(H,11,14). The first-order chi connectivity index (χ1) is 6.50. The Bertz CT molecular complexity index is 525. The van der Waals surface area contributed by atoms with Gasteiger partial charge in [0.15, 0.2) is 0 Å². The van der Waals surface area contributed by atoms with Gasteiger partial charge < -0.3 is 0 Å². The van der Waals surface area contributed by atoms with Crippen LogP contribution in [-0.4, -0.2) is 14.6 Å². The Kier molecular flexibility index (Phi) is 1.63. The summed E-state index contributed by atoms with van der Waals surface area (Å²) in [5, 5.41) is 4.74. The summed E-state index contributed by atoms with van der Waals surface area (Å²) < 4.78 is 37.7. The largest absolute Gasteiger partial charge is 0.451 e. The van der Waals surface area contributed by atoms with Gasteiger partial charge in [-0.1, -0.05) is 0 Å². The zero-order valence-electron chi connectivity index (χ0n) is 6.67. The number of nitrogens with zero attached hydrogens (tertiary/aromatic N) is 2. The van der Waals surface area contributed by atoms with Gasteiger partial charge in [0.1, 0.15) is 5.52 Å². The van der Waals surface area contributed by atoms with Gasteiger partial charge in [0.25, 0.3) is 5.56 Å². The molecule has 1 N–H and O–H groups in total. The topological polar surface area (TPSA) is 50.2 Å². The van der Waals surface area contributed by atoms with Crippen LogP contribution < -0.4 is 5.56 Å². The normalized spacial score (nSPS) is 12.2. The molecule has 0 radical (unpaired) electrons. The number of hydrogen-bond donors (Lipinski definition) is 1. The second kappa shape index (κ2) is 2.60. The number of hydrogen-bond acceptors (Lipinski definition) is 2. The van der Waals surface area contributed by atoms with E-state index in [1.54, 1.807) is 5.10 Å². The van der Waals surface area contributed by atoms with Crippen LogP contribution in [0.15, 0.2) is 23.1 Å². The fourth-order valence-electron chi connectivity index (χ4n) is 1.17. The minimum atomic E-state index is -4.58. The summed E-state index contributed by atoms with van der Waals surface area (Å²) in [6, 6.07) is 2.64. The fraction of sp³-hybridized carbons (Fsp3) is 0.143. The van der Waals surface area contributed by atoms with Crippen molar-refractivity contribution in [3.05, 3.63) is 34.5 Å². The average molecular weight is 203 g/mol. The monoisotopic (exact) mass is 203 g/mol. The minimum Gasteiger partial charge on any atom is -0.291 e. The van der Waals surface area contributed by atoms with Crippen molar-refractivity contribution in [2.75, 3.05) is 0 Å². The first-order valence-electron chi connectivity index (χ1n) is 3.63. The summed E-state index contributed by atoms with van der Waals surface area (Å²) in [5.41, 5.74) is -0.727. The van der Waals surface area contributed by atoms with Crippen molar-refractivity contribution in [1.82, 2.24) is 14.6 Å². The van der Waals surface area contributed by atoms with Crippen LogP contribution in [-0.2, 0) is 6.18 Å². The van der Waals surface area contributed by atoms with E-state index >= 15 is 0 Å². The van der Waals surface area contributed by atoms with Gasteiger partial charge in [-0.25, -0.2) is 5.10 Å². The van der Waals surface area contributed by atoms with Crippen molar-refractivity contribution in [1.29, 1.82) is 0 Å². The SMILES string of the molecule is O=c1[nH]nc(C(F)(F)F)n2cccc12. The Labute approximate surface area is 75.0 Å². The van der Waals surface area contributed by atoms with E-state index in [1.807, 2.05) is 0 Å². The van der Waals surface area contributed by atoms with E-state index in [-0.39, 0.29) is 5.52 Å². The molecule has 7 heteroatoms. The highest BCUT2D eigenvalue weighted by Crippen LogP contribution is 2.26. The summed E-state index contributed by atoms with van der Waals surface area (Å²) in [6.07, 6.45) is -3.44. The summed E-state index contributed by atoms with van der Waals surface area (Å²) in [7, 11) is 0. The Morgan fingerprint density at radius 1 is 1.43 bits per heavy atom. The Hall–Kier alpha value is -1.79. The minimum absolute atomic E-state index is 0.0766. The van der Waals surface area contributed by atoms with E-state index in [0.29, 0.717) is 4.40 Å². The van der Waals surface area contributed by atoms with Crippen LogP contribution in [0.4, 0.5) is 13.2 Å². The lowest BCUT2D eigenvalue weighted by Crippen LogP contribution is -2.21. The Morgan fingerprint density at radius 2 is 2.14 bits per heavy atom. The molecule has 0 aromatic carbocycles. The lowest BCUT2D eigenvalue weighted by Gasteiger charge is -2.06. The molecule has 0 unspecified atom stereocenters. The molecule has 2 rings (SSSR count). The number of alkyl halides is 3. The van der Waals surface area contributed by atoms with E-state index < -0.39 is 17.6 Å². The number of fused-ring (bicyclic) bond motifs is 1. The van der Waals surface area contributed by atoms with Crippen LogP contribution in [0.3, 0.4) is 0 Å². The van der Waals surface area contributed by atoms with Gasteiger partial charge in [0, 0.05) is 6.20 Å². The van der Waals surface area contributed by atoms with Crippen molar-refractivity contribution in [3.63, 3.8) is 0 Å². The molecule has 4 nitrogen and oxygen atoms in total. The molecular weight excluding hydrogens is 199 g/mol. The number of H-pyrrole nitrogens is 1. The van der Waals surface area contributed by atoms with Crippen LogP contribution in [0, 0.1) is 0 Å². The molecule has 0 atom stereocenters. The van der Waals surface area contributed by atoms with E-state index in [4.69, 9.17) is 0 Å². The Balaban J connectivity index is 2.86. The average Bonchev–Trinajstić information content (AvgIpc) is 2.50. The summed E-state index contributed by atoms with van der Waals surface area (Å²) >= 11 is 0. The molecule has 0 fully saturated rings. The summed E-state index contributed by atoms with van der Waals surface area (Å²) in [4.78, 5) is 11.0. The van der Waals surface area contributed by atoms with E-state index in [1.165, 1.54) is 12.1 Å². The van der Waals surface area contributed by atoms with Gasteiger partial charge in [-0.05, 0) is 12.1 Å². The van der Waals surface area contributed by atoms with Gasteiger partial charge >= 0.3 is 6.18 Å². The molecule has 0 saturated heterocycles. The zero-order chi connectivity index (χ0) is 10.3. The number of aromatic nitrogens is 3. The Morgan fingerprint density at radius 3 is 2.79 bits per heavy atom. The molecule has 14 heavy (non-hydrogen) atoms. The molecule has 0 amide bonds. The first kappa shape index (κ1) is 8.79. The van der Waals surface area contributed by atoms with Crippen LogP contribution in [0.5, 0.6) is 0 Å². The third-order valence-electron chi connectivity index (χ3n) is 1.73. The van der Waals surface area contributed by atoms with Crippen LogP contribution in [0.25, 0.3) is 5.52 Å². The molecule has 2 aromatic rings. The van der Waals surface area contributed by atoms with Crippen LogP contribution in [0.1, 0.15) is 5.82 Å². The molecule has 0 bridgehead atoms. The number of rotatable bonds is 0. The van der Waals surface area contributed by atoms with Crippen LogP contribution >= 0.6 is 0 Å². The predicted molar refractivity (Wildman–Crippen MR) is 40.8 cm³/mol. The van der Waals surface area contributed by atoms with E-state index in [9.17, 15) is 18.0 Å². The van der Waals surface area contributed by atoms with E-state index in [2.05, 4.69) is 5.10 Å². The van der Waals surface area contributed by atoms with Crippen molar-refractivity contribution in [3.8, 4) is 0 Å². The maximum Gasteiger partial charge on any atom is 0.451 e. The van der Waals surface area contributed by atoms with Crippen molar-refractivity contribution in [2.45, 2.75) is 6.18 Å². The van der Waals surface area contributed by atoms with Crippen molar-refractivity contribution in [2.24, 2.45) is 0 Å². The van der Waals surface area contributed by atoms with Gasteiger partial charge in [0.2, 0.25) is 5.82 Å². The lowest BCUT2D eigenvalue weighted by molar-refractivity contribution is -0.146. The fourth-order valence-corrected chi connectivity index (χ4v) is 1.17. The number of nitrogens with one attached hydrogen (secondary N) is 1. The first-order valence-corrected chi connectivity index (χ1v) is 3.63.